The van der Waals surface area contributed by atoms with E-state index in [0.29, 0.717) is 31.0 Å². The number of carbonyl (C=O) groups excluding carboxylic acids is 1. The second-order valence-electron chi connectivity index (χ2n) is 9.40. The lowest BCUT2D eigenvalue weighted by Crippen LogP contribution is -2.20. The Morgan fingerprint density at radius 3 is 2.70 bits per heavy atom. The van der Waals surface area contributed by atoms with Crippen LogP contribution < -0.4 is 4.90 Å². The van der Waals surface area contributed by atoms with E-state index in [9.17, 15) is 14.7 Å². The van der Waals surface area contributed by atoms with Gasteiger partial charge >= 0.3 is 5.97 Å². The number of rotatable bonds is 6. The number of nitrogens with zero attached hydrogens (tertiary/aromatic N) is 7. The predicted octanol–water partition coefficient (Wildman–Crippen LogP) is 3.48. The summed E-state index contributed by atoms with van der Waals surface area (Å²) in [5, 5.41) is 15.0. The second kappa shape index (κ2) is 8.74. The highest BCUT2D eigenvalue weighted by Crippen LogP contribution is 2.35. The summed E-state index contributed by atoms with van der Waals surface area (Å²) in [6.45, 7) is 1.20. The molecule has 0 aliphatic carbocycles. The first-order valence-corrected chi connectivity index (χ1v) is 12.0. The molecule has 186 valence electrons. The van der Waals surface area contributed by atoms with Crippen LogP contribution in [0.3, 0.4) is 0 Å². The zero-order valence-corrected chi connectivity index (χ0v) is 20.4. The van der Waals surface area contributed by atoms with Crippen molar-refractivity contribution in [2.45, 2.75) is 19.0 Å². The van der Waals surface area contributed by atoms with Crippen molar-refractivity contribution in [3.8, 4) is 11.3 Å². The molecule has 1 fully saturated rings. The van der Waals surface area contributed by atoms with Crippen LogP contribution in [-0.4, -0.2) is 66.7 Å². The number of likely N-dealkylation sites (tertiary alicyclic amines) is 1. The molecule has 4 aromatic heterocycles. The Balaban J connectivity index is 1.53. The Hall–Kier alpha value is -4.73. The summed E-state index contributed by atoms with van der Waals surface area (Å²) < 4.78 is 3.61. The van der Waals surface area contributed by atoms with Crippen LogP contribution in [-0.2, 0) is 11.3 Å². The van der Waals surface area contributed by atoms with Gasteiger partial charge in [-0.15, -0.1) is 0 Å². The van der Waals surface area contributed by atoms with E-state index in [0.717, 1.165) is 22.2 Å². The smallest absolute Gasteiger partial charge is 0.341 e. The summed E-state index contributed by atoms with van der Waals surface area (Å²) in [6.07, 6.45) is 5.45. The molecule has 0 unspecified atom stereocenters. The van der Waals surface area contributed by atoms with Gasteiger partial charge in [0.15, 0.2) is 5.65 Å². The maximum atomic E-state index is 12.3. The zero-order valence-electron chi connectivity index (χ0n) is 20.4. The van der Waals surface area contributed by atoms with Crippen molar-refractivity contribution in [2.24, 2.45) is 0 Å². The number of carboxylic acid groups (broad SMARTS) is 1. The van der Waals surface area contributed by atoms with Gasteiger partial charge in [0.25, 0.3) is 0 Å². The number of amides is 1. The maximum absolute atomic E-state index is 12.3. The van der Waals surface area contributed by atoms with Crippen molar-refractivity contribution in [1.82, 2.24) is 29.0 Å². The van der Waals surface area contributed by atoms with Gasteiger partial charge < -0.3 is 19.5 Å². The normalized spacial score (nSPS) is 15.7. The largest absolute Gasteiger partial charge is 0.477 e. The molecule has 5 heterocycles. The van der Waals surface area contributed by atoms with Crippen molar-refractivity contribution in [2.75, 3.05) is 25.5 Å². The third-order valence-corrected chi connectivity index (χ3v) is 6.92. The molecule has 0 spiro atoms. The number of likely N-dealkylation sites (N-methyl/N-ethyl adjacent to an activating group) is 1. The van der Waals surface area contributed by atoms with Crippen molar-refractivity contribution < 1.29 is 14.7 Å². The van der Waals surface area contributed by atoms with Crippen molar-refractivity contribution >= 4 is 34.4 Å². The van der Waals surface area contributed by atoms with Crippen LogP contribution in [0.1, 0.15) is 28.4 Å². The number of pyridine rings is 1. The minimum Gasteiger partial charge on any atom is -0.477 e. The summed E-state index contributed by atoms with van der Waals surface area (Å²) >= 11 is 0. The lowest BCUT2D eigenvalue weighted by molar-refractivity contribution is -0.126. The van der Waals surface area contributed by atoms with Crippen LogP contribution in [0.2, 0.25) is 0 Å². The van der Waals surface area contributed by atoms with E-state index >= 15 is 0 Å². The number of carboxylic acids is 1. The molecule has 1 atom stereocenters. The van der Waals surface area contributed by atoms with E-state index < -0.39 is 5.97 Å². The van der Waals surface area contributed by atoms with Gasteiger partial charge in [0, 0.05) is 63.0 Å². The topological polar surface area (TPSA) is 109 Å². The molecule has 0 saturated carbocycles. The molecule has 10 heteroatoms. The summed E-state index contributed by atoms with van der Waals surface area (Å²) in [4.78, 5) is 37.4. The molecule has 1 aliphatic rings. The molecule has 5 aromatic rings. The number of hydrogen-bond acceptors (Lipinski definition) is 6. The van der Waals surface area contributed by atoms with Gasteiger partial charge in [-0.2, -0.15) is 9.61 Å². The molecule has 0 bridgehead atoms. The highest BCUT2D eigenvalue weighted by molar-refractivity contribution is 5.97. The first-order valence-electron chi connectivity index (χ1n) is 12.0. The van der Waals surface area contributed by atoms with E-state index in [1.165, 1.54) is 6.20 Å². The summed E-state index contributed by atoms with van der Waals surface area (Å²) in [5.74, 6) is -0.288. The molecule has 1 aliphatic heterocycles. The fourth-order valence-corrected chi connectivity index (χ4v) is 5.04. The third-order valence-electron chi connectivity index (χ3n) is 6.92. The molecule has 1 N–H and O–H groups in total. The van der Waals surface area contributed by atoms with Crippen LogP contribution in [0.5, 0.6) is 0 Å². The molecular weight excluding hydrogens is 470 g/mol. The molecule has 0 radical (unpaired) electrons. The standard InChI is InChI=1S/C27H25N7O3/c1-31(14-17-7-4-3-5-8-17)23-12-22(30-26-20(27(36)37)13-29-34(23)26)21-16-33(18-11-24(35)32(2)15-18)25-19(21)9-6-10-28-25/h3-10,12-13,16,18H,11,14-15H2,1-2H3,(H,36,37)/t18-/m1/s1. The number of carbonyl (C=O) groups is 2. The lowest BCUT2D eigenvalue weighted by Gasteiger charge is -2.21. The quantitative estimate of drug-likeness (QED) is 0.384. The van der Waals surface area contributed by atoms with Gasteiger partial charge in [-0.1, -0.05) is 30.3 Å². The van der Waals surface area contributed by atoms with Crippen LogP contribution in [0.25, 0.3) is 27.9 Å². The number of benzene rings is 1. The molecule has 1 saturated heterocycles. The molecule has 37 heavy (non-hydrogen) atoms. The van der Waals surface area contributed by atoms with E-state index in [4.69, 9.17) is 4.98 Å². The van der Waals surface area contributed by atoms with E-state index in [1.807, 2.05) is 71.2 Å². The first-order chi connectivity index (χ1) is 17.9. The molecule has 6 rings (SSSR count). The monoisotopic (exact) mass is 495 g/mol. The number of anilines is 1. The van der Waals surface area contributed by atoms with E-state index in [1.54, 1.807) is 22.7 Å². The minimum absolute atomic E-state index is 0.0288. The van der Waals surface area contributed by atoms with Crippen LogP contribution in [0.15, 0.2) is 67.1 Å². The molecule has 10 nitrogen and oxygen atoms in total. The minimum atomic E-state index is -1.09. The van der Waals surface area contributed by atoms with Crippen molar-refractivity contribution in [1.29, 1.82) is 0 Å². The van der Waals surface area contributed by atoms with Gasteiger partial charge in [0.2, 0.25) is 5.91 Å². The molecule has 1 amide bonds. The number of fused-ring (bicyclic) bond motifs is 2. The predicted molar refractivity (Wildman–Crippen MR) is 139 cm³/mol. The van der Waals surface area contributed by atoms with Crippen LogP contribution in [0, 0.1) is 0 Å². The second-order valence-corrected chi connectivity index (χ2v) is 9.40. The van der Waals surface area contributed by atoms with E-state index in [2.05, 4.69) is 10.1 Å². The van der Waals surface area contributed by atoms with Gasteiger partial charge in [0.1, 0.15) is 17.0 Å². The average molecular weight is 496 g/mol. The highest BCUT2D eigenvalue weighted by atomic mass is 16.4. The Labute approximate surface area is 212 Å². The van der Waals surface area contributed by atoms with Gasteiger partial charge in [0.05, 0.1) is 17.9 Å². The van der Waals surface area contributed by atoms with E-state index in [-0.39, 0.29) is 23.2 Å². The average Bonchev–Trinajstić information content (AvgIpc) is 3.59. The maximum Gasteiger partial charge on any atom is 0.341 e. The Morgan fingerprint density at radius 1 is 1.16 bits per heavy atom. The summed E-state index contributed by atoms with van der Waals surface area (Å²) in [6, 6.07) is 15.7. The zero-order chi connectivity index (χ0) is 25.7. The van der Waals surface area contributed by atoms with Crippen LogP contribution >= 0.6 is 0 Å². The van der Waals surface area contributed by atoms with Crippen molar-refractivity contribution in [3.05, 3.63) is 78.2 Å². The highest BCUT2D eigenvalue weighted by Gasteiger charge is 2.30. The number of aromatic carboxylic acids is 1. The first kappa shape index (κ1) is 22.7. The SMILES string of the molecule is CN1C[C@H](n2cc(-c3cc(N(C)Cc4ccccc4)n4ncc(C(=O)O)c4n3)c3cccnc32)CC1=O. The third kappa shape index (κ3) is 3.86. The molecular formula is C27H25N7O3. The molecule has 1 aromatic carbocycles. The van der Waals surface area contributed by atoms with Gasteiger partial charge in [-0.05, 0) is 17.7 Å². The summed E-state index contributed by atoms with van der Waals surface area (Å²) in [5.41, 5.74) is 3.59. The Morgan fingerprint density at radius 2 is 1.97 bits per heavy atom. The Kier molecular flexibility index (Phi) is 5.36. The Bertz CT molecular complexity index is 1660. The van der Waals surface area contributed by atoms with Gasteiger partial charge in [-0.3, -0.25) is 4.79 Å². The fourth-order valence-electron chi connectivity index (χ4n) is 5.04. The van der Waals surface area contributed by atoms with Crippen LogP contribution in [0.4, 0.5) is 5.82 Å². The number of hydrogen-bond donors (Lipinski definition) is 1. The fraction of sp³-hybridized carbons (Fsp3) is 0.222. The van der Waals surface area contributed by atoms with Crippen molar-refractivity contribution in [3.63, 3.8) is 0 Å². The summed E-state index contributed by atoms with van der Waals surface area (Å²) in [7, 11) is 3.75. The number of aromatic nitrogens is 5. The lowest BCUT2D eigenvalue weighted by atomic mass is 10.1. The van der Waals surface area contributed by atoms with Gasteiger partial charge in [-0.25, -0.2) is 14.8 Å².